The Kier molecular flexibility index (Phi) is 4.80. The van der Waals surface area contributed by atoms with Crippen LogP contribution in [0.5, 0.6) is 0 Å². The summed E-state index contributed by atoms with van der Waals surface area (Å²) in [5.74, 6) is 1.60. The van der Waals surface area contributed by atoms with E-state index in [-0.39, 0.29) is 24.4 Å². The predicted octanol–water partition coefficient (Wildman–Crippen LogP) is 2.57. The number of nitrogens with one attached hydrogen (secondary N) is 1. The van der Waals surface area contributed by atoms with Crippen molar-refractivity contribution < 1.29 is 17.6 Å². The maximum atomic E-state index is 12.5. The fourth-order valence-electron chi connectivity index (χ4n) is 2.82. The standard InChI is InChI=1S/C16H26N2O4S/c1-11-10-14(13(3)22-11)12(2)17-15(19)18-7-6-16(4,5)23(20,21)9-8-18/h10,12H,6-9H2,1-5H3,(H,17,19)/t12-/m1/s1. The molecule has 7 heteroatoms. The topological polar surface area (TPSA) is 79.6 Å². The van der Waals surface area contributed by atoms with Gasteiger partial charge in [0, 0.05) is 18.7 Å². The number of aryl methyl sites for hydroxylation is 2. The molecule has 1 aliphatic rings. The number of furan rings is 1. The molecule has 1 aromatic heterocycles. The molecule has 130 valence electrons. The number of carbonyl (C=O) groups is 1. The van der Waals surface area contributed by atoms with Crippen LogP contribution in [0.15, 0.2) is 10.5 Å². The summed E-state index contributed by atoms with van der Waals surface area (Å²) < 4.78 is 29.1. The normalized spacial score (nSPS) is 21.5. The van der Waals surface area contributed by atoms with Gasteiger partial charge in [0.1, 0.15) is 11.5 Å². The zero-order chi connectivity index (χ0) is 17.4. The van der Waals surface area contributed by atoms with Gasteiger partial charge in [-0.05, 0) is 47.1 Å². The number of carbonyl (C=O) groups excluding carboxylic acids is 1. The van der Waals surface area contributed by atoms with Gasteiger partial charge < -0.3 is 14.6 Å². The quantitative estimate of drug-likeness (QED) is 0.896. The van der Waals surface area contributed by atoms with Crippen molar-refractivity contribution in [1.29, 1.82) is 0 Å². The second kappa shape index (κ2) is 6.19. The SMILES string of the molecule is Cc1cc([C@@H](C)NC(=O)N2CCC(C)(C)S(=O)(=O)CC2)c(C)o1. The van der Waals surface area contributed by atoms with Crippen molar-refractivity contribution in [3.8, 4) is 0 Å². The van der Waals surface area contributed by atoms with Gasteiger partial charge in [0.25, 0.3) is 0 Å². The summed E-state index contributed by atoms with van der Waals surface area (Å²) in [6, 6.07) is 1.49. The summed E-state index contributed by atoms with van der Waals surface area (Å²) >= 11 is 0. The highest BCUT2D eigenvalue weighted by atomic mass is 32.2. The lowest BCUT2D eigenvalue weighted by Gasteiger charge is -2.24. The molecule has 0 unspecified atom stereocenters. The molecule has 1 saturated heterocycles. The van der Waals surface area contributed by atoms with Gasteiger partial charge in [-0.2, -0.15) is 0 Å². The average molecular weight is 342 g/mol. The highest BCUT2D eigenvalue weighted by molar-refractivity contribution is 7.92. The third kappa shape index (κ3) is 3.71. The van der Waals surface area contributed by atoms with Crippen molar-refractivity contribution in [3.63, 3.8) is 0 Å². The molecule has 2 amide bonds. The predicted molar refractivity (Wildman–Crippen MR) is 89.2 cm³/mol. The molecule has 6 nitrogen and oxygen atoms in total. The molecular weight excluding hydrogens is 316 g/mol. The van der Waals surface area contributed by atoms with Crippen LogP contribution in [0.3, 0.4) is 0 Å². The van der Waals surface area contributed by atoms with Crippen LogP contribution in [0.4, 0.5) is 4.79 Å². The highest BCUT2D eigenvalue weighted by Gasteiger charge is 2.38. The average Bonchev–Trinajstić information content (AvgIpc) is 2.71. The van der Waals surface area contributed by atoms with Crippen molar-refractivity contribution in [3.05, 3.63) is 23.2 Å². The van der Waals surface area contributed by atoms with Crippen LogP contribution in [-0.4, -0.2) is 42.9 Å². The van der Waals surface area contributed by atoms with Crippen molar-refractivity contribution in [1.82, 2.24) is 10.2 Å². The molecule has 1 aliphatic heterocycles. The van der Waals surface area contributed by atoms with Crippen LogP contribution in [0.1, 0.15) is 50.3 Å². The Bertz CT molecular complexity index is 691. The lowest BCUT2D eigenvalue weighted by Crippen LogP contribution is -2.42. The number of hydrogen-bond acceptors (Lipinski definition) is 4. The van der Waals surface area contributed by atoms with E-state index >= 15 is 0 Å². The zero-order valence-corrected chi connectivity index (χ0v) is 15.3. The molecule has 0 radical (unpaired) electrons. The number of amides is 2. The first kappa shape index (κ1) is 17.8. The Morgan fingerprint density at radius 1 is 1.35 bits per heavy atom. The lowest BCUT2D eigenvalue weighted by molar-refractivity contribution is 0.197. The molecule has 1 atom stereocenters. The summed E-state index contributed by atoms with van der Waals surface area (Å²) in [5, 5.41) is 2.93. The summed E-state index contributed by atoms with van der Waals surface area (Å²) in [4.78, 5) is 14.1. The molecule has 23 heavy (non-hydrogen) atoms. The van der Waals surface area contributed by atoms with Crippen molar-refractivity contribution in [2.24, 2.45) is 0 Å². The smallest absolute Gasteiger partial charge is 0.317 e. The number of urea groups is 1. The fourth-order valence-corrected chi connectivity index (χ4v) is 4.23. The van der Waals surface area contributed by atoms with E-state index in [1.54, 1.807) is 18.7 Å². The molecule has 0 aromatic carbocycles. The van der Waals surface area contributed by atoms with E-state index < -0.39 is 14.6 Å². The summed E-state index contributed by atoms with van der Waals surface area (Å²) in [7, 11) is -3.18. The monoisotopic (exact) mass is 342 g/mol. The summed E-state index contributed by atoms with van der Waals surface area (Å²) in [6.07, 6.45) is 0.445. The van der Waals surface area contributed by atoms with Crippen molar-refractivity contribution >= 4 is 15.9 Å². The van der Waals surface area contributed by atoms with Gasteiger partial charge >= 0.3 is 6.03 Å². The Labute approximate surface area is 138 Å². The van der Waals surface area contributed by atoms with Gasteiger partial charge in [0.05, 0.1) is 16.5 Å². The van der Waals surface area contributed by atoms with Crippen molar-refractivity contribution in [2.45, 2.75) is 51.8 Å². The minimum Gasteiger partial charge on any atom is -0.466 e. The minimum atomic E-state index is -3.18. The Balaban J connectivity index is 2.05. The molecule has 2 rings (SSSR count). The van der Waals surface area contributed by atoms with E-state index in [0.29, 0.717) is 13.0 Å². The van der Waals surface area contributed by atoms with Crippen LogP contribution < -0.4 is 5.32 Å². The fraction of sp³-hybridized carbons (Fsp3) is 0.688. The third-order valence-electron chi connectivity index (χ3n) is 4.63. The minimum absolute atomic E-state index is 0.00560. The van der Waals surface area contributed by atoms with E-state index in [0.717, 1.165) is 17.1 Å². The molecule has 1 aromatic rings. The summed E-state index contributed by atoms with van der Waals surface area (Å²) in [6.45, 7) is 9.75. The van der Waals surface area contributed by atoms with Gasteiger partial charge in [0.2, 0.25) is 0 Å². The molecule has 0 aliphatic carbocycles. The molecule has 1 N–H and O–H groups in total. The maximum absolute atomic E-state index is 12.5. The van der Waals surface area contributed by atoms with E-state index in [1.807, 2.05) is 26.8 Å². The number of sulfone groups is 1. The molecule has 0 bridgehead atoms. The highest BCUT2D eigenvalue weighted by Crippen LogP contribution is 2.26. The number of rotatable bonds is 2. The van der Waals surface area contributed by atoms with E-state index in [1.165, 1.54) is 0 Å². The second-order valence-corrected chi connectivity index (χ2v) is 9.60. The van der Waals surface area contributed by atoms with E-state index in [9.17, 15) is 13.2 Å². The van der Waals surface area contributed by atoms with Crippen LogP contribution in [0.25, 0.3) is 0 Å². The second-order valence-electron chi connectivity index (χ2n) is 6.86. The van der Waals surface area contributed by atoms with Gasteiger partial charge in [-0.15, -0.1) is 0 Å². The lowest BCUT2D eigenvalue weighted by atomic mass is 10.1. The zero-order valence-electron chi connectivity index (χ0n) is 14.5. The first-order valence-electron chi connectivity index (χ1n) is 7.88. The Hall–Kier alpha value is -1.50. The van der Waals surface area contributed by atoms with Crippen LogP contribution >= 0.6 is 0 Å². The number of nitrogens with zero attached hydrogens (tertiary/aromatic N) is 1. The molecule has 2 heterocycles. The number of hydrogen-bond donors (Lipinski definition) is 1. The van der Waals surface area contributed by atoms with Gasteiger partial charge in [0.15, 0.2) is 9.84 Å². The van der Waals surface area contributed by atoms with E-state index in [2.05, 4.69) is 5.32 Å². The van der Waals surface area contributed by atoms with Gasteiger partial charge in [-0.3, -0.25) is 0 Å². The summed E-state index contributed by atoms with van der Waals surface area (Å²) in [5.41, 5.74) is 0.943. The largest absolute Gasteiger partial charge is 0.466 e. The molecule has 1 fully saturated rings. The Morgan fingerprint density at radius 3 is 2.57 bits per heavy atom. The third-order valence-corrected chi connectivity index (χ3v) is 7.24. The van der Waals surface area contributed by atoms with Gasteiger partial charge in [-0.1, -0.05) is 0 Å². The first-order valence-corrected chi connectivity index (χ1v) is 9.53. The van der Waals surface area contributed by atoms with Crippen LogP contribution in [0, 0.1) is 13.8 Å². The molecule has 0 spiro atoms. The Morgan fingerprint density at radius 2 is 2.00 bits per heavy atom. The van der Waals surface area contributed by atoms with Crippen molar-refractivity contribution in [2.75, 3.05) is 18.8 Å². The molecular formula is C16H26N2O4S. The first-order chi connectivity index (χ1) is 10.5. The van der Waals surface area contributed by atoms with Crippen LogP contribution in [0.2, 0.25) is 0 Å². The van der Waals surface area contributed by atoms with E-state index in [4.69, 9.17) is 4.42 Å². The van der Waals surface area contributed by atoms with Crippen LogP contribution in [-0.2, 0) is 9.84 Å². The molecule has 0 saturated carbocycles. The van der Waals surface area contributed by atoms with Gasteiger partial charge in [-0.25, -0.2) is 13.2 Å². The maximum Gasteiger partial charge on any atom is 0.317 e.